The van der Waals surface area contributed by atoms with Crippen molar-refractivity contribution in [1.82, 2.24) is 9.97 Å². The molecular formula is C9H9Cl2N3O3. The number of aliphatic carboxylic acids is 1. The molecule has 2 N–H and O–H groups in total. The molecule has 0 spiro atoms. The molecule has 0 radical (unpaired) electrons. The van der Waals surface area contributed by atoms with Gasteiger partial charge in [-0.15, -0.1) is 0 Å². The lowest BCUT2D eigenvalue weighted by molar-refractivity contribution is -0.137. The summed E-state index contributed by atoms with van der Waals surface area (Å²) in [6.07, 6.45) is 1.43. The zero-order valence-corrected chi connectivity index (χ0v) is 10.1. The largest absolute Gasteiger partial charge is 0.481 e. The standard InChI is InChI=1S/C9H9Cl2N3O3/c10-7-8(11)12-4-13-9(7)14-5(15)2-1-3-6(16)17/h4H,1-3H2,(H,16,17)(H,12,13,14,15). The van der Waals surface area contributed by atoms with Gasteiger partial charge in [0.05, 0.1) is 0 Å². The fraction of sp³-hybridized carbons (Fsp3) is 0.333. The molecule has 0 bridgehead atoms. The molecule has 0 fully saturated rings. The minimum absolute atomic E-state index is 0.0440. The van der Waals surface area contributed by atoms with Gasteiger partial charge in [0, 0.05) is 12.8 Å². The van der Waals surface area contributed by atoms with Crippen LogP contribution in [-0.4, -0.2) is 27.0 Å². The van der Waals surface area contributed by atoms with Gasteiger partial charge in [0.25, 0.3) is 0 Å². The van der Waals surface area contributed by atoms with Crippen LogP contribution in [0.3, 0.4) is 0 Å². The number of hydrogen-bond acceptors (Lipinski definition) is 4. The van der Waals surface area contributed by atoms with Crippen molar-refractivity contribution in [3.05, 3.63) is 16.5 Å². The minimum atomic E-state index is -0.944. The summed E-state index contributed by atoms with van der Waals surface area (Å²) in [5.74, 6) is -1.20. The zero-order valence-electron chi connectivity index (χ0n) is 8.61. The third-order valence-electron chi connectivity index (χ3n) is 1.80. The second-order valence-corrected chi connectivity index (χ2v) is 3.86. The lowest BCUT2D eigenvalue weighted by Gasteiger charge is -2.05. The van der Waals surface area contributed by atoms with Crippen molar-refractivity contribution in [2.45, 2.75) is 19.3 Å². The maximum atomic E-state index is 11.4. The number of amides is 1. The van der Waals surface area contributed by atoms with E-state index in [4.69, 9.17) is 28.3 Å². The molecular weight excluding hydrogens is 269 g/mol. The molecule has 1 rings (SSSR count). The third-order valence-corrected chi connectivity index (χ3v) is 2.54. The molecule has 1 heterocycles. The predicted molar refractivity (Wildman–Crippen MR) is 62.2 cm³/mol. The molecule has 1 amide bonds. The molecule has 1 aromatic heterocycles. The van der Waals surface area contributed by atoms with Crippen LogP contribution < -0.4 is 5.32 Å². The molecule has 6 nitrogen and oxygen atoms in total. The van der Waals surface area contributed by atoms with E-state index >= 15 is 0 Å². The van der Waals surface area contributed by atoms with Crippen LogP contribution in [-0.2, 0) is 9.59 Å². The molecule has 0 aromatic carbocycles. The van der Waals surface area contributed by atoms with Crippen LogP contribution in [0.15, 0.2) is 6.33 Å². The lowest BCUT2D eigenvalue weighted by Crippen LogP contribution is -2.13. The fourth-order valence-electron chi connectivity index (χ4n) is 1.03. The van der Waals surface area contributed by atoms with Crippen LogP contribution in [0.25, 0.3) is 0 Å². The highest BCUT2D eigenvalue weighted by molar-refractivity contribution is 6.42. The molecule has 92 valence electrons. The predicted octanol–water partition coefficient (Wildman–Crippen LogP) is 1.98. The summed E-state index contributed by atoms with van der Waals surface area (Å²) >= 11 is 11.4. The van der Waals surface area contributed by atoms with E-state index in [0.29, 0.717) is 0 Å². The molecule has 0 atom stereocenters. The number of nitrogens with one attached hydrogen (secondary N) is 1. The van der Waals surface area contributed by atoms with Gasteiger partial charge in [-0.05, 0) is 6.42 Å². The highest BCUT2D eigenvalue weighted by atomic mass is 35.5. The third kappa shape index (κ3) is 4.54. The number of rotatable bonds is 5. The zero-order chi connectivity index (χ0) is 12.8. The topological polar surface area (TPSA) is 92.2 Å². The first-order valence-electron chi connectivity index (χ1n) is 4.68. The highest BCUT2D eigenvalue weighted by Gasteiger charge is 2.10. The van der Waals surface area contributed by atoms with Crippen molar-refractivity contribution < 1.29 is 14.7 Å². The van der Waals surface area contributed by atoms with Crippen LogP contribution in [0.4, 0.5) is 5.82 Å². The van der Waals surface area contributed by atoms with Crippen LogP contribution in [0.1, 0.15) is 19.3 Å². The average Bonchev–Trinajstić information content (AvgIpc) is 2.24. The number of anilines is 1. The molecule has 17 heavy (non-hydrogen) atoms. The SMILES string of the molecule is O=C(O)CCCC(=O)Nc1ncnc(Cl)c1Cl. The number of carbonyl (C=O) groups excluding carboxylic acids is 1. The van der Waals surface area contributed by atoms with Crippen molar-refractivity contribution in [2.24, 2.45) is 0 Å². The number of halogens is 2. The minimum Gasteiger partial charge on any atom is -0.481 e. The first-order chi connectivity index (χ1) is 8.00. The maximum Gasteiger partial charge on any atom is 0.303 e. The van der Waals surface area contributed by atoms with Gasteiger partial charge >= 0.3 is 5.97 Å². The Morgan fingerprint density at radius 1 is 1.29 bits per heavy atom. The fourth-order valence-corrected chi connectivity index (χ4v) is 1.31. The second kappa shape index (κ2) is 6.36. The van der Waals surface area contributed by atoms with Gasteiger partial charge in [0.2, 0.25) is 5.91 Å². The normalized spacial score (nSPS) is 10.0. The number of hydrogen-bond donors (Lipinski definition) is 2. The molecule has 0 aliphatic rings. The van der Waals surface area contributed by atoms with Crippen molar-refractivity contribution in [3.63, 3.8) is 0 Å². The Balaban J connectivity index is 2.51. The highest BCUT2D eigenvalue weighted by Crippen LogP contribution is 2.25. The van der Waals surface area contributed by atoms with Gasteiger partial charge in [-0.1, -0.05) is 23.2 Å². The molecule has 0 saturated carbocycles. The van der Waals surface area contributed by atoms with Gasteiger partial charge in [-0.3, -0.25) is 9.59 Å². The Morgan fingerprint density at radius 2 is 2.00 bits per heavy atom. The number of carboxylic acid groups (broad SMARTS) is 1. The Morgan fingerprint density at radius 3 is 2.65 bits per heavy atom. The Hall–Kier alpha value is -1.40. The second-order valence-electron chi connectivity index (χ2n) is 3.12. The van der Waals surface area contributed by atoms with Crippen molar-refractivity contribution in [3.8, 4) is 0 Å². The summed E-state index contributed by atoms with van der Waals surface area (Å²) in [5, 5.41) is 10.9. The van der Waals surface area contributed by atoms with Crippen LogP contribution in [0.5, 0.6) is 0 Å². The van der Waals surface area contributed by atoms with Gasteiger partial charge in [-0.25, -0.2) is 9.97 Å². The molecule has 8 heteroatoms. The Labute approximate surface area is 107 Å². The van der Waals surface area contributed by atoms with Gasteiger partial charge in [-0.2, -0.15) is 0 Å². The van der Waals surface area contributed by atoms with Crippen molar-refractivity contribution >= 4 is 40.9 Å². The van der Waals surface area contributed by atoms with E-state index in [0.717, 1.165) is 0 Å². The summed E-state index contributed by atoms with van der Waals surface area (Å²) in [6.45, 7) is 0. The van der Waals surface area contributed by atoms with E-state index in [1.165, 1.54) is 6.33 Å². The number of carbonyl (C=O) groups is 2. The molecule has 0 saturated heterocycles. The monoisotopic (exact) mass is 277 g/mol. The van der Waals surface area contributed by atoms with Crippen LogP contribution >= 0.6 is 23.2 Å². The summed E-state index contributed by atoms with van der Waals surface area (Å²) in [6, 6.07) is 0. The van der Waals surface area contributed by atoms with E-state index in [1.807, 2.05) is 0 Å². The summed E-state index contributed by atoms with van der Waals surface area (Å²) in [7, 11) is 0. The molecule has 0 aliphatic heterocycles. The van der Waals surface area contributed by atoms with Crippen molar-refractivity contribution in [2.75, 3.05) is 5.32 Å². The summed E-state index contributed by atoms with van der Waals surface area (Å²) in [4.78, 5) is 29.0. The quantitative estimate of drug-likeness (QED) is 0.803. The van der Waals surface area contributed by atoms with Crippen LogP contribution in [0.2, 0.25) is 10.2 Å². The van der Waals surface area contributed by atoms with E-state index in [9.17, 15) is 9.59 Å². The smallest absolute Gasteiger partial charge is 0.303 e. The molecule has 0 aliphatic carbocycles. The molecule has 0 unspecified atom stereocenters. The number of carboxylic acids is 1. The van der Waals surface area contributed by atoms with Crippen molar-refractivity contribution in [1.29, 1.82) is 0 Å². The summed E-state index contributed by atoms with van der Waals surface area (Å²) < 4.78 is 0. The average molecular weight is 278 g/mol. The van der Waals surface area contributed by atoms with Crippen LogP contribution in [0, 0.1) is 0 Å². The first kappa shape index (κ1) is 13.7. The van der Waals surface area contributed by atoms with E-state index in [1.54, 1.807) is 0 Å². The van der Waals surface area contributed by atoms with Gasteiger partial charge in [0.1, 0.15) is 11.3 Å². The van der Waals surface area contributed by atoms with Gasteiger partial charge in [0.15, 0.2) is 11.0 Å². The van der Waals surface area contributed by atoms with E-state index in [2.05, 4.69) is 15.3 Å². The lowest BCUT2D eigenvalue weighted by atomic mass is 10.2. The van der Waals surface area contributed by atoms with E-state index in [-0.39, 0.29) is 41.2 Å². The number of aromatic nitrogens is 2. The molecule has 1 aromatic rings. The first-order valence-corrected chi connectivity index (χ1v) is 5.44. The Kier molecular flexibility index (Phi) is 5.11. The summed E-state index contributed by atoms with van der Waals surface area (Å²) in [5.41, 5.74) is 0. The number of nitrogens with zero attached hydrogens (tertiary/aromatic N) is 2. The van der Waals surface area contributed by atoms with Gasteiger partial charge < -0.3 is 10.4 Å². The van der Waals surface area contributed by atoms with E-state index < -0.39 is 5.97 Å². The maximum absolute atomic E-state index is 11.4. The Bertz CT molecular complexity index is 439.